The number of ether oxygens (including phenoxy) is 1. The summed E-state index contributed by atoms with van der Waals surface area (Å²) in [4.78, 5) is 0. The van der Waals surface area contributed by atoms with Crippen molar-refractivity contribution in [2.75, 3.05) is 7.11 Å². The van der Waals surface area contributed by atoms with Crippen LogP contribution < -0.4 is 4.74 Å². The van der Waals surface area contributed by atoms with Crippen LogP contribution in [0.3, 0.4) is 0 Å². The zero-order valence-electron chi connectivity index (χ0n) is 8.71. The molecule has 0 saturated carbocycles. The van der Waals surface area contributed by atoms with Gasteiger partial charge in [0.15, 0.2) is 11.6 Å². The molecule has 0 radical (unpaired) electrons. The number of methoxy groups -OCH3 is 1. The molecule has 0 saturated heterocycles. The van der Waals surface area contributed by atoms with E-state index in [1.165, 1.54) is 7.11 Å². The van der Waals surface area contributed by atoms with E-state index < -0.39 is 0 Å². The Morgan fingerprint density at radius 2 is 1.75 bits per heavy atom. The van der Waals surface area contributed by atoms with Crippen LogP contribution in [0, 0.1) is 5.82 Å². The minimum atomic E-state index is -0.344. The summed E-state index contributed by atoms with van der Waals surface area (Å²) in [6.07, 6.45) is 0. The zero-order valence-corrected chi connectivity index (χ0v) is 10.3. The van der Waals surface area contributed by atoms with E-state index in [-0.39, 0.29) is 11.6 Å². The topological polar surface area (TPSA) is 9.23 Å². The van der Waals surface area contributed by atoms with Gasteiger partial charge in [-0.15, -0.1) is 0 Å². The first-order valence-corrected chi connectivity index (χ1v) is 5.60. The van der Waals surface area contributed by atoms with E-state index in [2.05, 4.69) is 15.9 Å². The van der Waals surface area contributed by atoms with Gasteiger partial charge in [0.25, 0.3) is 0 Å². The molecule has 0 fully saturated rings. The summed E-state index contributed by atoms with van der Waals surface area (Å²) in [5.41, 5.74) is 1.38. The van der Waals surface area contributed by atoms with Gasteiger partial charge in [0, 0.05) is 5.56 Å². The standard InChI is InChI=1S/C13H10BrFO/c1-16-13-11(14)8-7-10(12(13)15)9-5-3-2-4-6-9/h2-8H,1H3. The molecule has 0 bridgehead atoms. The van der Waals surface area contributed by atoms with Crippen LogP contribution in [0.5, 0.6) is 5.75 Å². The van der Waals surface area contributed by atoms with Gasteiger partial charge < -0.3 is 4.74 Å². The van der Waals surface area contributed by atoms with Gasteiger partial charge in [-0.1, -0.05) is 36.4 Å². The molecule has 0 aliphatic carbocycles. The third-order valence-corrected chi connectivity index (χ3v) is 2.96. The molecule has 0 unspecified atom stereocenters. The Hall–Kier alpha value is -1.35. The molecule has 0 heterocycles. The molecule has 1 nitrogen and oxygen atoms in total. The third kappa shape index (κ3) is 1.95. The molecule has 2 aromatic carbocycles. The Morgan fingerprint density at radius 3 is 2.38 bits per heavy atom. The third-order valence-electron chi connectivity index (χ3n) is 2.34. The smallest absolute Gasteiger partial charge is 0.174 e. The van der Waals surface area contributed by atoms with Gasteiger partial charge in [-0.3, -0.25) is 0 Å². The van der Waals surface area contributed by atoms with E-state index in [0.29, 0.717) is 10.0 Å². The minimum Gasteiger partial charge on any atom is -0.492 e. The molecular weight excluding hydrogens is 271 g/mol. The van der Waals surface area contributed by atoms with Gasteiger partial charge in [-0.2, -0.15) is 0 Å². The van der Waals surface area contributed by atoms with Gasteiger partial charge >= 0.3 is 0 Å². The summed E-state index contributed by atoms with van der Waals surface area (Å²) in [5.74, 6) is -0.107. The van der Waals surface area contributed by atoms with Crippen molar-refractivity contribution in [2.24, 2.45) is 0 Å². The number of benzene rings is 2. The highest BCUT2D eigenvalue weighted by Crippen LogP contribution is 2.34. The molecular formula is C13H10BrFO. The van der Waals surface area contributed by atoms with E-state index >= 15 is 0 Å². The average Bonchev–Trinajstić information content (AvgIpc) is 2.31. The fourth-order valence-corrected chi connectivity index (χ4v) is 2.03. The highest BCUT2D eigenvalue weighted by atomic mass is 79.9. The van der Waals surface area contributed by atoms with Crippen LogP contribution in [-0.4, -0.2) is 7.11 Å². The Balaban J connectivity index is 2.59. The van der Waals surface area contributed by atoms with Crippen LogP contribution in [-0.2, 0) is 0 Å². The molecule has 2 rings (SSSR count). The first kappa shape index (κ1) is 11.1. The predicted octanol–water partition coefficient (Wildman–Crippen LogP) is 4.26. The lowest BCUT2D eigenvalue weighted by molar-refractivity contribution is 0.384. The summed E-state index contributed by atoms with van der Waals surface area (Å²) in [5, 5.41) is 0. The Morgan fingerprint density at radius 1 is 1.06 bits per heavy atom. The van der Waals surface area contributed by atoms with E-state index in [9.17, 15) is 4.39 Å². The molecule has 0 aromatic heterocycles. The monoisotopic (exact) mass is 280 g/mol. The second kappa shape index (κ2) is 4.66. The molecule has 0 atom stereocenters. The first-order chi connectivity index (χ1) is 7.74. The molecule has 2 aromatic rings. The maximum Gasteiger partial charge on any atom is 0.174 e. The molecule has 0 N–H and O–H groups in total. The van der Waals surface area contributed by atoms with E-state index in [4.69, 9.17) is 4.74 Å². The molecule has 0 aliphatic rings. The van der Waals surface area contributed by atoms with Crippen LogP contribution in [0.1, 0.15) is 0 Å². The maximum absolute atomic E-state index is 14.1. The van der Waals surface area contributed by atoms with Crippen molar-refractivity contribution in [3.05, 3.63) is 52.8 Å². The molecule has 0 aliphatic heterocycles. The molecule has 0 amide bonds. The highest BCUT2D eigenvalue weighted by molar-refractivity contribution is 9.10. The second-order valence-corrected chi connectivity index (χ2v) is 4.16. The first-order valence-electron chi connectivity index (χ1n) is 4.81. The summed E-state index contributed by atoms with van der Waals surface area (Å²) < 4.78 is 19.7. The van der Waals surface area contributed by atoms with Crippen LogP contribution in [0.2, 0.25) is 0 Å². The van der Waals surface area contributed by atoms with Gasteiger partial charge in [0.1, 0.15) is 0 Å². The predicted molar refractivity (Wildman–Crippen MR) is 66.1 cm³/mol. The Kier molecular flexibility index (Phi) is 3.25. The number of rotatable bonds is 2. The fourth-order valence-electron chi connectivity index (χ4n) is 1.56. The Bertz CT molecular complexity index is 497. The zero-order chi connectivity index (χ0) is 11.5. The average molecular weight is 281 g/mol. The lowest BCUT2D eigenvalue weighted by Gasteiger charge is -2.09. The lowest BCUT2D eigenvalue weighted by atomic mass is 10.1. The maximum atomic E-state index is 14.1. The van der Waals surface area contributed by atoms with E-state index in [0.717, 1.165) is 5.56 Å². The lowest BCUT2D eigenvalue weighted by Crippen LogP contribution is -1.92. The van der Waals surface area contributed by atoms with Gasteiger partial charge in [-0.05, 0) is 27.6 Å². The summed E-state index contributed by atoms with van der Waals surface area (Å²) in [7, 11) is 1.46. The summed E-state index contributed by atoms with van der Waals surface area (Å²) in [6, 6.07) is 12.9. The van der Waals surface area contributed by atoms with E-state index in [1.54, 1.807) is 12.1 Å². The van der Waals surface area contributed by atoms with Crippen LogP contribution >= 0.6 is 15.9 Å². The summed E-state index contributed by atoms with van der Waals surface area (Å²) in [6.45, 7) is 0. The van der Waals surface area contributed by atoms with Gasteiger partial charge in [-0.25, -0.2) is 4.39 Å². The van der Waals surface area contributed by atoms with Gasteiger partial charge in [0.05, 0.1) is 11.6 Å². The van der Waals surface area contributed by atoms with Crippen molar-refractivity contribution in [2.45, 2.75) is 0 Å². The van der Waals surface area contributed by atoms with E-state index in [1.807, 2.05) is 30.3 Å². The normalized spacial score (nSPS) is 10.2. The van der Waals surface area contributed by atoms with Crippen molar-refractivity contribution in [1.82, 2.24) is 0 Å². The fraction of sp³-hybridized carbons (Fsp3) is 0.0769. The van der Waals surface area contributed by atoms with Crippen LogP contribution in [0.4, 0.5) is 4.39 Å². The van der Waals surface area contributed by atoms with Crippen LogP contribution in [0.25, 0.3) is 11.1 Å². The highest BCUT2D eigenvalue weighted by Gasteiger charge is 2.13. The second-order valence-electron chi connectivity index (χ2n) is 3.31. The van der Waals surface area contributed by atoms with Crippen molar-refractivity contribution in [3.63, 3.8) is 0 Å². The minimum absolute atomic E-state index is 0.237. The number of hydrogen-bond acceptors (Lipinski definition) is 1. The van der Waals surface area contributed by atoms with Crippen LogP contribution in [0.15, 0.2) is 46.9 Å². The van der Waals surface area contributed by atoms with Crippen molar-refractivity contribution in [3.8, 4) is 16.9 Å². The molecule has 16 heavy (non-hydrogen) atoms. The summed E-state index contributed by atoms with van der Waals surface area (Å²) >= 11 is 3.25. The van der Waals surface area contributed by atoms with Gasteiger partial charge in [0.2, 0.25) is 0 Å². The quantitative estimate of drug-likeness (QED) is 0.799. The van der Waals surface area contributed by atoms with Crippen molar-refractivity contribution in [1.29, 1.82) is 0 Å². The number of halogens is 2. The van der Waals surface area contributed by atoms with Crippen molar-refractivity contribution < 1.29 is 9.13 Å². The molecule has 0 spiro atoms. The Labute approximate surface area is 102 Å². The van der Waals surface area contributed by atoms with Crippen molar-refractivity contribution >= 4 is 15.9 Å². The molecule has 82 valence electrons. The SMILES string of the molecule is COc1c(Br)ccc(-c2ccccc2)c1F. The number of hydrogen-bond donors (Lipinski definition) is 0. The molecule has 3 heteroatoms. The largest absolute Gasteiger partial charge is 0.492 e.